The number of hydrogen-bond acceptors (Lipinski definition) is 6. The van der Waals surface area contributed by atoms with Gasteiger partial charge in [0.25, 0.3) is 5.91 Å². The first kappa shape index (κ1) is 22.5. The number of nitrogens with zero attached hydrogens (tertiary/aromatic N) is 2. The number of carbonyl (C=O) groups excluding carboxylic acids is 2. The number of anilines is 1. The molecule has 0 radical (unpaired) electrons. The van der Waals surface area contributed by atoms with Crippen LogP contribution in [-0.4, -0.2) is 23.9 Å². The Morgan fingerprint density at radius 3 is 1.97 bits per heavy atom. The first-order valence-corrected chi connectivity index (χ1v) is 10.5. The van der Waals surface area contributed by atoms with Crippen LogP contribution in [0.1, 0.15) is 26.4 Å². The van der Waals surface area contributed by atoms with E-state index in [9.17, 15) is 9.59 Å². The summed E-state index contributed by atoms with van der Waals surface area (Å²) in [4.78, 5) is 42.4. The van der Waals surface area contributed by atoms with Crippen molar-refractivity contribution in [3.63, 3.8) is 0 Å². The lowest BCUT2D eigenvalue weighted by atomic mass is 10.1. The summed E-state index contributed by atoms with van der Waals surface area (Å²) in [5, 5.41) is 0. The zero-order valence-corrected chi connectivity index (χ0v) is 18.7. The smallest absolute Gasteiger partial charge is 0.388 e. The molecule has 7 nitrogen and oxygen atoms in total. The fraction of sp³-hybridized carbons (Fsp3) is 0.0741. The van der Waals surface area contributed by atoms with Gasteiger partial charge in [0.1, 0.15) is 22.8 Å². The van der Waals surface area contributed by atoms with Gasteiger partial charge in [0.05, 0.1) is 6.20 Å². The van der Waals surface area contributed by atoms with Crippen molar-refractivity contribution >= 4 is 17.6 Å². The number of rotatable bonds is 7. The van der Waals surface area contributed by atoms with Crippen LogP contribution in [-0.2, 0) is 4.89 Å². The molecule has 0 saturated carbocycles. The number of amides is 1. The summed E-state index contributed by atoms with van der Waals surface area (Å²) >= 11 is 0. The minimum Gasteiger partial charge on any atom is -0.455 e. The van der Waals surface area contributed by atoms with Crippen molar-refractivity contribution in [3.8, 4) is 17.2 Å². The van der Waals surface area contributed by atoms with E-state index in [4.69, 9.17) is 14.5 Å². The average molecular weight is 454 g/mol. The lowest BCUT2D eigenvalue weighted by Gasteiger charge is -2.20. The van der Waals surface area contributed by atoms with Gasteiger partial charge in [-0.1, -0.05) is 54.6 Å². The van der Waals surface area contributed by atoms with E-state index in [1.807, 2.05) is 42.5 Å². The van der Waals surface area contributed by atoms with Gasteiger partial charge in [0.15, 0.2) is 5.75 Å². The fourth-order valence-corrected chi connectivity index (χ4v) is 3.25. The number of carbonyl (C=O) groups is 2. The summed E-state index contributed by atoms with van der Waals surface area (Å²) in [7, 11) is 1.61. The molecule has 0 spiro atoms. The molecule has 1 heterocycles. The maximum Gasteiger partial charge on any atom is 0.388 e. The first-order valence-electron chi connectivity index (χ1n) is 10.5. The second-order valence-corrected chi connectivity index (χ2v) is 7.35. The number of pyridine rings is 1. The van der Waals surface area contributed by atoms with Gasteiger partial charge < -0.3 is 9.64 Å². The van der Waals surface area contributed by atoms with Crippen LogP contribution < -0.4 is 14.5 Å². The Morgan fingerprint density at radius 1 is 0.794 bits per heavy atom. The van der Waals surface area contributed by atoms with E-state index in [1.54, 1.807) is 62.5 Å². The Labute approximate surface area is 197 Å². The Kier molecular flexibility index (Phi) is 6.84. The van der Waals surface area contributed by atoms with E-state index in [-0.39, 0.29) is 11.3 Å². The highest BCUT2D eigenvalue weighted by molar-refractivity contribution is 6.11. The molecule has 0 fully saturated rings. The predicted octanol–water partition coefficient (Wildman–Crippen LogP) is 5.61. The normalized spacial score (nSPS) is 10.3. The van der Waals surface area contributed by atoms with Gasteiger partial charge in [-0.3, -0.25) is 9.68 Å². The van der Waals surface area contributed by atoms with Crippen LogP contribution in [0.4, 0.5) is 5.69 Å². The molecule has 4 aromatic rings. The highest BCUT2D eigenvalue weighted by Crippen LogP contribution is 2.29. The second kappa shape index (κ2) is 10.3. The summed E-state index contributed by atoms with van der Waals surface area (Å²) < 4.78 is 5.91. The molecule has 0 aliphatic carbocycles. The van der Waals surface area contributed by atoms with Crippen molar-refractivity contribution in [2.45, 2.75) is 6.92 Å². The topological polar surface area (TPSA) is 78.0 Å². The number of benzene rings is 3. The minimum atomic E-state index is -0.864. The molecule has 1 aromatic heterocycles. The number of para-hydroxylation sites is 3. The molecule has 0 unspecified atom stereocenters. The van der Waals surface area contributed by atoms with Gasteiger partial charge >= 0.3 is 5.97 Å². The molecule has 0 N–H and O–H groups in total. The Hall–Kier alpha value is -4.65. The maximum atomic E-state index is 13.3. The van der Waals surface area contributed by atoms with E-state index in [0.29, 0.717) is 28.5 Å². The third-order valence-electron chi connectivity index (χ3n) is 5.07. The fourth-order valence-electron chi connectivity index (χ4n) is 3.25. The van der Waals surface area contributed by atoms with Crippen LogP contribution >= 0.6 is 0 Å². The Bertz CT molecular complexity index is 1280. The van der Waals surface area contributed by atoms with Crippen LogP contribution in [0.3, 0.4) is 0 Å². The molecule has 34 heavy (non-hydrogen) atoms. The largest absolute Gasteiger partial charge is 0.455 e. The molecule has 3 aromatic carbocycles. The molecular weight excluding hydrogens is 432 g/mol. The van der Waals surface area contributed by atoms with Crippen LogP contribution in [0.2, 0.25) is 0 Å². The van der Waals surface area contributed by atoms with Crippen molar-refractivity contribution in [1.82, 2.24) is 4.98 Å². The molecule has 7 heteroatoms. The van der Waals surface area contributed by atoms with Crippen molar-refractivity contribution in [2.75, 3.05) is 11.9 Å². The Balaban J connectivity index is 1.70. The molecule has 4 rings (SSSR count). The molecule has 0 saturated heterocycles. The zero-order chi connectivity index (χ0) is 23.9. The lowest BCUT2D eigenvalue weighted by Crippen LogP contribution is -2.30. The summed E-state index contributed by atoms with van der Waals surface area (Å²) in [6, 6.07) is 26.7. The van der Waals surface area contributed by atoms with Crippen molar-refractivity contribution in [3.05, 3.63) is 114 Å². The van der Waals surface area contributed by atoms with E-state index in [1.165, 1.54) is 11.1 Å². The maximum absolute atomic E-state index is 13.3. The predicted molar refractivity (Wildman–Crippen MR) is 127 cm³/mol. The molecular formula is C27H22N2O5. The molecule has 0 aliphatic rings. The summed E-state index contributed by atoms with van der Waals surface area (Å²) in [5.74, 6) is -0.124. The van der Waals surface area contributed by atoms with Crippen LogP contribution in [0.15, 0.2) is 97.2 Å². The molecule has 0 atom stereocenters. The van der Waals surface area contributed by atoms with Gasteiger partial charge in [0, 0.05) is 18.3 Å². The third kappa shape index (κ3) is 5.05. The van der Waals surface area contributed by atoms with E-state index in [2.05, 4.69) is 4.98 Å². The van der Waals surface area contributed by atoms with Crippen LogP contribution in [0.5, 0.6) is 17.2 Å². The Morgan fingerprint density at radius 2 is 1.35 bits per heavy atom. The van der Waals surface area contributed by atoms with Crippen molar-refractivity contribution in [2.24, 2.45) is 0 Å². The third-order valence-corrected chi connectivity index (χ3v) is 5.07. The SMILES string of the molecule is Cc1c(Oc2ccccc2)cnc(C(=O)N(C)c2ccccc2)c1C(=O)OOc1ccccc1. The lowest BCUT2D eigenvalue weighted by molar-refractivity contribution is -0.149. The van der Waals surface area contributed by atoms with Crippen LogP contribution in [0, 0.1) is 6.92 Å². The van der Waals surface area contributed by atoms with Gasteiger partial charge in [-0.25, -0.2) is 14.7 Å². The average Bonchev–Trinajstić information content (AvgIpc) is 2.89. The van der Waals surface area contributed by atoms with E-state index in [0.717, 1.165) is 0 Å². The summed E-state index contributed by atoms with van der Waals surface area (Å²) in [6.07, 6.45) is 1.42. The number of aromatic nitrogens is 1. The number of hydrogen-bond donors (Lipinski definition) is 0. The van der Waals surface area contributed by atoms with Crippen LogP contribution in [0.25, 0.3) is 0 Å². The van der Waals surface area contributed by atoms with Crippen molar-refractivity contribution in [1.29, 1.82) is 0 Å². The molecule has 170 valence electrons. The number of ether oxygens (including phenoxy) is 1. The highest BCUT2D eigenvalue weighted by Gasteiger charge is 2.28. The van der Waals surface area contributed by atoms with Gasteiger partial charge in [0.2, 0.25) is 0 Å². The van der Waals surface area contributed by atoms with E-state index >= 15 is 0 Å². The summed E-state index contributed by atoms with van der Waals surface area (Å²) in [5.41, 5.74) is 0.921. The standard InChI is InChI=1S/C27H22N2O5/c1-19-23(32-21-14-8-4-9-15-21)18-28-25(26(30)29(2)20-12-6-3-7-13-20)24(19)27(31)34-33-22-16-10-5-11-17-22/h3-18H,1-2H3. The van der Waals surface area contributed by atoms with Crippen molar-refractivity contribution < 1.29 is 24.1 Å². The van der Waals surface area contributed by atoms with Gasteiger partial charge in [-0.2, -0.15) is 0 Å². The van der Waals surface area contributed by atoms with Gasteiger partial charge in [-0.15, -0.1) is 0 Å². The zero-order valence-electron chi connectivity index (χ0n) is 18.7. The summed E-state index contributed by atoms with van der Waals surface area (Å²) in [6.45, 7) is 1.67. The second-order valence-electron chi connectivity index (χ2n) is 7.35. The molecule has 1 amide bonds. The molecule has 0 aliphatic heterocycles. The highest BCUT2D eigenvalue weighted by atomic mass is 17.2. The monoisotopic (exact) mass is 454 g/mol. The first-order chi connectivity index (χ1) is 16.5. The molecule has 0 bridgehead atoms. The van der Waals surface area contributed by atoms with Gasteiger partial charge in [-0.05, 0) is 43.3 Å². The minimum absolute atomic E-state index is 0.0443. The quantitative estimate of drug-likeness (QED) is 0.267. The van der Waals surface area contributed by atoms with E-state index < -0.39 is 11.9 Å².